The van der Waals surface area contributed by atoms with Gasteiger partial charge in [-0.25, -0.2) is 0 Å². The standard InChI is InChI=1S/C12H16O3S/c1-3-15-12(14)9(2)16-11-6-4-5-10(7-11)8-13/h4-7,9,13H,3,8H2,1-2H3. The Kier molecular flexibility index (Phi) is 5.35. The number of rotatable bonds is 5. The normalized spacial score (nSPS) is 12.2. The number of carbonyl (C=O) groups is 1. The molecule has 0 amide bonds. The SMILES string of the molecule is CCOC(=O)C(C)Sc1cccc(CO)c1. The second kappa shape index (κ2) is 6.55. The molecule has 1 aromatic carbocycles. The van der Waals surface area contributed by atoms with E-state index in [2.05, 4.69) is 0 Å². The number of carbonyl (C=O) groups excluding carboxylic acids is 1. The van der Waals surface area contributed by atoms with Gasteiger partial charge >= 0.3 is 5.97 Å². The van der Waals surface area contributed by atoms with E-state index in [4.69, 9.17) is 9.84 Å². The maximum Gasteiger partial charge on any atom is 0.319 e. The lowest BCUT2D eigenvalue weighted by Gasteiger charge is -2.10. The molecule has 1 unspecified atom stereocenters. The van der Waals surface area contributed by atoms with Crippen LogP contribution in [0.4, 0.5) is 0 Å². The molecular formula is C12H16O3S. The molecule has 0 saturated heterocycles. The van der Waals surface area contributed by atoms with E-state index in [1.54, 1.807) is 6.92 Å². The summed E-state index contributed by atoms with van der Waals surface area (Å²) < 4.78 is 4.92. The topological polar surface area (TPSA) is 46.5 Å². The number of ether oxygens (including phenoxy) is 1. The highest BCUT2D eigenvalue weighted by molar-refractivity contribution is 8.00. The molecule has 0 aliphatic carbocycles. The first-order valence-electron chi connectivity index (χ1n) is 5.20. The Morgan fingerprint density at radius 3 is 2.94 bits per heavy atom. The maximum absolute atomic E-state index is 11.4. The summed E-state index contributed by atoms with van der Waals surface area (Å²) in [4.78, 5) is 12.4. The van der Waals surface area contributed by atoms with E-state index in [0.29, 0.717) is 6.61 Å². The minimum absolute atomic E-state index is 0.0161. The van der Waals surface area contributed by atoms with Gasteiger partial charge in [0.2, 0.25) is 0 Å². The van der Waals surface area contributed by atoms with Crippen LogP contribution in [0.1, 0.15) is 19.4 Å². The van der Waals surface area contributed by atoms with Gasteiger partial charge in [-0.15, -0.1) is 11.8 Å². The molecule has 1 N–H and O–H groups in total. The van der Waals surface area contributed by atoms with Crippen molar-refractivity contribution in [2.75, 3.05) is 6.61 Å². The first kappa shape index (κ1) is 13.1. The number of aliphatic hydroxyl groups is 1. The van der Waals surface area contributed by atoms with Gasteiger partial charge in [-0.05, 0) is 31.5 Å². The maximum atomic E-state index is 11.4. The molecule has 3 nitrogen and oxygen atoms in total. The zero-order valence-electron chi connectivity index (χ0n) is 9.47. The van der Waals surface area contributed by atoms with E-state index in [0.717, 1.165) is 10.5 Å². The highest BCUT2D eigenvalue weighted by Gasteiger charge is 2.15. The number of hydrogen-bond donors (Lipinski definition) is 1. The highest BCUT2D eigenvalue weighted by atomic mass is 32.2. The van der Waals surface area contributed by atoms with Crippen molar-refractivity contribution in [1.82, 2.24) is 0 Å². The van der Waals surface area contributed by atoms with Crippen LogP contribution in [0.3, 0.4) is 0 Å². The van der Waals surface area contributed by atoms with Crippen molar-refractivity contribution < 1.29 is 14.6 Å². The van der Waals surface area contributed by atoms with E-state index < -0.39 is 0 Å². The van der Waals surface area contributed by atoms with Crippen LogP contribution in [0.15, 0.2) is 29.2 Å². The smallest absolute Gasteiger partial charge is 0.319 e. The highest BCUT2D eigenvalue weighted by Crippen LogP contribution is 2.24. The van der Waals surface area contributed by atoms with Crippen LogP contribution in [0.5, 0.6) is 0 Å². The molecule has 4 heteroatoms. The lowest BCUT2D eigenvalue weighted by Crippen LogP contribution is -2.16. The molecule has 0 heterocycles. The second-order valence-electron chi connectivity index (χ2n) is 3.32. The predicted octanol–water partition coefficient (Wildman–Crippen LogP) is 2.22. The lowest BCUT2D eigenvalue weighted by atomic mass is 10.2. The summed E-state index contributed by atoms with van der Waals surface area (Å²) in [5.41, 5.74) is 0.848. The van der Waals surface area contributed by atoms with Gasteiger partial charge in [0, 0.05) is 4.90 Å². The number of thioether (sulfide) groups is 1. The lowest BCUT2D eigenvalue weighted by molar-refractivity contribution is -0.142. The van der Waals surface area contributed by atoms with Crippen molar-refractivity contribution in [1.29, 1.82) is 0 Å². The van der Waals surface area contributed by atoms with E-state index in [1.165, 1.54) is 11.8 Å². The van der Waals surface area contributed by atoms with Crippen LogP contribution >= 0.6 is 11.8 Å². The van der Waals surface area contributed by atoms with Crippen LogP contribution < -0.4 is 0 Å². The number of esters is 1. The predicted molar refractivity (Wildman–Crippen MR) is 64.3 cm³/mol. The molecular weight excluding hydrogens is 224 g/mol. The first-order chi connectivity index (χ1) is 7.67. The molecule has 1 atom stereocenters. The average molecular weight is 240 g/mol. The molecule has 0 aromatic heterocycles. The van der Waals surface area contributed by atoms with Gasteiger partial charge in [0.25, 0.3) is 0 Å². The number of benzene rings is 1. The van der Waals surface area contributed by atoms with Gasteiger partial charge in [0.05, 0.1) is 13.2 Å². The summed E-state index contributed by atoms with van der Waals surface area (Å²) in [5, 5.41) is 8.76. The molecule has 88 valence electrons. The Hall–Kier alpha value is -1.00. The van der Waals surface area contributed by atoms with E-state index >= 15 is 0 Å². The molecule has 0 spiro atoms. The zero-order valence-corrected chi connectivity index (χ0v) is 10.3. The van der Waals surface area contributed by atoms with Gasteiger partial charge in [-0.3, -0.25) is 4.79 Å². The third-order valence-corrected chi connectivity index (χ3v) is 3.08. The van der Waals surface area contributed by atoms with Crippen molar-refractivity contribution in [2.24, 2.45) is 0 Å². The Labute approximate surface area is 99.8 Å². The molecule has 16 heavy (non-hydrogen) atoms. The van der Waals surface area contributed by atoms with Gasteiger partial charge in [0.1, 0.15) is 5.25 Å². The monoisotopic (exact) mass is 240 g/mol. The molecule has 0 saturated carbocycles. The van der Waals surface area contributed by atoms with Crippen molar-refractivity contribution >= 4 is 17.7 Å². The quantitative estimate of drug-likeness (QED) is 0.633. The van der Waals surface area contributed by atoms with E-state index in [-0.39, 0.29) is 17.8 Å². The Bertz CT molecular complexity index is 352. The summed E-state index contributed by atoms with van der Waals surface area (Å²) in [7, 11) is 0. The Balaban J connectivity index is 2.61. The van der Waals surface area contributed by atoms with Crippen LogP contribution in [0.2, 0.25) is 0 Å². The van der Waals surface area contributed by atoms with Crippen molar-refractivity contribution in [3.05, 3.63) is 29.8 Å². The summed E-state index contributed by atoms with van der Waals surface area (Å²) in [6.45, 7) is 4.03. The summed E-state index contributed by atoms with van der Waals surface area (Å²) in [6.07, 6.45) is 0. The molecule has 1 aromatic rings. The minimum Gasteiger partial charge on any atom is -0.465 e. The fourth-order valence-electron chi connectivity index (χ4n) is 1.23. The third kappa shape index (κ3) is 3.87. The molecule has 0 aliphatic heterocycles. The fourth-order valence-corrected chi connectivity index (χ4v) is 2.18. The third-order valence-electron chi connectivity index (χ3n) is 2.01. The second-order valence-corrected chi connectivity index (χ2v) is 4.73. The molecule has 0 bridgehead atoms. The number of aliphatic hydroxyl groups excluding tert-OH is 1. The van der Waals surface area contributed by atoms with Crippen molar-refractivity contribution in [2.45, 2.75) is 30.6 Å². The minimum atomic E-state index is -0.228. The Morgan fingerprint density at radius 2 is 2.31 bits per heavy atom. The molecule has 0 fully saturated rings. The van der Waals surface area contributed by atoms with Crippen LogP contribution in [0, 0.1) is 0 Å². The largest absolute Gasteiger partial charge is 0.465 e. The molecule has 0 aliphatic rings. The van der Waals surface area contributed by atoms with Crippen molar-refractivity contribution in [3.8, 4) is 0 Å². The number of hydrogen-bond acceptors (Lipinski definition) is 4. The molecule has 0 radical (unpaired) electrons. The molecule has 1 rings (SSSR count). The fraction of sp³-hybridized carbons (Fsp3) is 0.417. The summed E-state index contributed by atoms with van der Waals surface area (Å²) in [5.74, 6) is -0.207. The summed E-state index contributed by atoms with van der Waals surface area (Å²) in [6, 6.07) is 7.50. The van der Waals surface area contributed by atoms with Crippen LogP contribution in [-0.2, 0) is 16.1 Å². The van der Waals surface area contributed by atoms with E-state index in [9.17, 15) is 4.79 Å². The van der Waals surface area contributed by atoms with Gasteiger partial charge in [-0.2, -0.15) is 0 Å². The van der Waals surface area contributed by atoms with E-state index in [1.807, 2.05) is 31.2 Å². The van der Waals surface area contributed by atoms with Gasteiger partial charge in [-0.1, -0.05) is 12.1 Å². The van der Waals surface area contributed by atoms with Crippen LogP contribution in [-0.4, -0.2) is 22.9 Å². The van der Waals surface area contributed by atoms with Gasteiger partial charge < -0.3 is 9.84 Å². The Morgan fingerprint density at radius 1 is 1.56 bits per heavy atom. The van der Waals surface area contributed by atoms with Crippen LogP contribution in [0.25, 0.3) is 0 Å². The summed E-state index contributed by atoms with van der Waals surface area (Å²) >= 11 is 1.44. The van der Waals surface area contributed by atoms with Crippen molar-refractivity contribution in [3.63, 3.8) is 0 Å². The average Bonchev–Trinajstić information content (AvgIpc) is 2.29. The zero-order chi connectivity index (χ0) is 12.0. The van der Waals surface area contributed by atoms with Gasteiger partial charge in [0.15, 0.2) is 0 Å². The first-order valence-corrected chi connectivity index (χ1v) is 6.08.